The number of Topliss-reactive ketones (excluding diaryl/α,β-unsaturated/α-hetero) is 1. The summed E-state index contributed by atoms with van der Waals surface area (Å²) in [7, 11) is 1.58. The third-order valence-corrected chi connectivity index (χ3v) is 4.51. The minimum atomic E-state index is -0.417. The molecular formula is C21H22O4. The van der Waals surface area contributed by atoms with Crippen LogP contribution in [0.15, 0.2) is 54.6 Å². The summed E-state index contributed by atoms with van der Waals surface area (Å²) in [6.45, 7) is 3.64. The van der Waals surface area contributed by atoms with E-state index in [1.807, 2.05) is 44.2 Å². The summed E-state index contributed by atoms with van der Waals surface area (Å²) in [5.74, 6) is -0.538. The lowest BCUT2D eigenvalue weighted by Crippen LogP contribution is -2.16. The molecule has 3 atom stereocenters. The molecular weight excluding hydrogens is 316 g/mol. The van der Waals surface area contributed by atoms with Crippen molar-refractivity contribution in [2.75, 3.05) is 7.11 Å². The highest BCUT2D eigenvalue weighted by molar-refractivity contribution is 6.04. The van der Waals surface area contributed by atoms with Gasteiger partial charge in [-0.2, -0.15) is 0 Å². The average Bonchev–Trinajstić information content (AvgIpc) is 3.37. The molecule has 0 N–H and O–H groups in total. The Balaban J connectivity index is 1.85. The lowest BCUT2D eigenvalue weighted by molar-refractivity contribution is -0.149. The second kappa shape index (κ2) is 7.09. The number of methoxy groups -OCH3 is 1. The van der Waals surface area contributed by atoms with Gasteiger partial charge in [0.1, 0.15) is 5.75 Å². The van der Waals surface area contributed by atoms with Gasteiger partial charge in [-0.3, -0.25) is 9.59 Å². The van der Waals surface area contributed by atoms with Crippen molar-refractivity contribution < 1.29 is 19.1 Å². The number of hydrogen-bond donors (Lipinski definition) is 0. The van der Waals surface area contributed by atoms with E-state index in [1.54, 1.807) is 31.4 Å². The molecule has 4 heteroatoms. The van der Waals surface area contributed by atoms with Gasteiger partial charge in [-0.25, -0.2) is 0 Å². The molecule has 0 aromatic heterocycles. The largest absolute Gasteiger partial charge is 0.497 e. The summed E-state index contributed by atoms with van der Waals surface area (Å²) in [5, 5.41) is 0. The van der Waals surface area contributed by atoms with Crippen LogP contribution in [-0.4, -0.2) is 25.0 Å². The normalized spacial score (nSPS) is 21.7. The molecule has 2 aromatic rings. The van der Waals surface area contributed by atoms with Gasteiger partial charge in [0.25, 0.3) is 0 Å². The van der Waals surface area contributed by atoms with Crippen LogP contribution in [0, 0.1) is 11.8 Å². The van der Waals surface area contributed by atoms with Crippen LogP contribution < -0.4 is 4.74 Å². The van der Waals surface area contributed by atoms with E-state index < -0.39 is 5.92 Å². The molecule has 0 aliphatic heterocycles. The summed E-state index contributed by atoms with van der Waals surface area (Å²) in [6.07, 6.45) is -0.193. The fourth-order valence-electron chi connectivity index (χ4n) is 3.28. The molecule has 0 heterocycles. The highest BCUT2D eigenvalue weighted by Gasteiger charge is 2.60. The Labute approximate surface area is 147 Å². The van der Waals surface area contributed by atoms with E-state index in [1.165, 1.54) is 0 Å². The Kier molecular flexibility index (Phi) is 4.88. The first-order valence-corrected chi connectivity index (χ1v) is 8.46. The minimum absolute atomic E-state index is 0.0257. The number of benzene rings is 2. The Bertz CT molecular complexity index is 749. The molecule has 1 aliphatic rings. The zero-order valence-corrected chi connectivity index (χ0v) is 14.6. The van der Waals surface area contributed by atoms with E-state index in [2.05, 4.69) is 0 Å². The molecule has 0 unspecified atom stereocenters. The third kappa shape index (κ3) is 3.58. The van der Waals surface area contributed by atoms with Gasteiger partial charge in [-0.05, 0) is 43.7 Å². The van der Waals surface area contributed by atoms with Crippen molar-refractivity contribution in [2.24, 2.45) is 11.8 Å². The topological polar surface area (TPSA) is 52.6 Å². The van der Waals surface area contributed by atoms with Crippen molar-refractivity contribution in [2.45, 2.75) is 25.9 Å². The predicted molar refractivity (Wildman–Crippen MR) is 94.7 cm³/mol. The molecule has 130 valence electrons. The molecule has 1 saturated carbocycles. The summed E-state index contributed by atoms with van der Waals surface area (Å²) in [5.41, 5.74) is 1.59. The quantitative estimate of drug-likeness (QED) is 0.593. The van der Waals surface area contributed by atoms with Crippen molar-refractivity contribution in [3.8, 4) is 5.75 Å². The fourth-order valence-corrected chi connectivity index (χ4v) is 3.28. The molecule has 0 radical (unpaired) electrons. The summed E-state index contributed by atoms with van der Waals surface area (Å²) in [4.78, 5) is 25.4. The van der Waals surface area contributed by atoms with Crippen LogP contribution in [0.3, 0.4) is 0 Å². The van der Waals surface area contributed by atoms with Gasteiger partial charge < -0.3 is 9.47 Å². The van der Waals surface area contributed by atoms with Crippen molar-refractivity contribution in [3.05, 3.63) is 65.7 Å². The van der Waals surface area contributed by atoms with Crippen LogP contribution in [0.5, 0.6) is 5.75 Å². The molecule has 1 fully saturated rings. The lowest BCUT2D eigenvalue weighted by atomic mass is 10.0. The molecule has 0 amide bonds. The van der Waals surface area contributed by atoms with Gasteiger partial charge >= 0.3 is 5.97 Å². The van der Waals surface area contributed by atoms with Gasteiger partial charge in [0.05, 0.1) is 19.1 Å². The fraction of sp³-hybridized carbons (Fsp3) is 0.333. The maximum absolute atomic E-state index is 12.9. The van der Waals surface area contributed by atoms with Gasteiger partial charge in [-0.1, -0.05) is 30.3 Å². The number of ketones is 1. The van der Waals surface area contributed by atoms with Crippen LogP contribution in [0.2, 0.25) is 0 Å². The summed E-state index contributed by atoms with van der Waals surface area (Å²) in [6, 6.07) is 16.7. The maximum Gasteiger partial charge on any atom is 0.310 e. The second-order valence-corrected chi connectivity index (χ2v) is 6.57. The molecule has 2 aromatic carbocycles. The number of esters is 1. The number of carbonyl (C=O) groups excluding carboxylic acids is 2. The maximum atomic E-state index is 12.9. The minimum Gasteiger partial charge on any atom is -0.497 e. The Hall–Kier alpha value is -2.62. The Morgan fingerprint density at radius 3 is 2.12 bits per heavy atom. The highest BCUT2D eigenvalue weighted by atomic mass is 16.5. The first-order chi connectivity index (χ1) is 12.0. The number of hydrogen-bond acceptors (Lipinski definition) is 4. The highest BCUT2D eigenvalue weighted by Crippen LogP contribution is 2.56. The van der Waals surface area contributed by atoms with Crippen LogP contribution in [-0.2, 0) is 9.53 Å². The van der Waals surface area contributed by atoms with E-state index in [9.17, 15) is 9.59 Å². The lowest BCUT2D eigenvalue weighted by Gasteiger charge is -2.07. The zero-order valence-electron chi connectivity index (χ0n) is 14.6. The van der Waals surface area contributed by atoms with Crippen molar-refractivity contribution in [3.63, 3.8) is 0 Å². The molecule has 0 spiro atoms. The zero-order chi connectivity index (χ0) is 18.0. The van der Waals surface area contributed by atoms with Gasteiger partial charge in [0, 0.05) is 17.4 Å². The molecule has 25 heavy (non-hydrogen) atoms. The van der Waals surface area contributed by atoms with E-state index in [0.29, 0.717) is 11.3 Å². The SMILES string of the molecule is COc1ccc(C(=O)[C@@H]2[C@H](C(=O)OC(C)C)[C@H]2c2ccccc2)cc1. The van der Waals surface area contributed by atoms with E-state index >= 15 is 0 Å². The van der Waals surface area contributed by atoms with E-state index in [4.69, 9.17) is 9.47 Å². The Morgan fingerprint density at radius 1 is 0.920 bits per heavy atom. The number of carbonyl (C=O) groups is 2. The van der Waals surface area contributed by atoms with E-state index in [0.717, 1.165) is 5.56 Å². The van der Waals surface area contributed by atoms with Crippen molar-refractivity contribution in [1.29, 1.82) is 0 Å². The smallest absolute Gasteiger partial charge is 0.310 e. The van der Waals surface area contributed by atoms with Crippen LogP contribution >= 0.6 is 0 Å². The standard InChI is InChI=1S/C21H22O4/c1-13(2)25-21(23)19-17(14-7-5-4-6-8-14)18(19)20(22)15-9-11-16(24-3)12-10-15/h4-13,17-19H,1-3H3/t17-,18-,19+/m0/s1. The van der Waals surface area contributed by atoms with Gasteiger partial charge in [-0.15, -0.1) is 0 Å². The van der Waals surface area contributed by atoms with Crippen LogP contribution in [0.1, 0.15) is 35.7 Å². The van der Waals surface area contributed by atoms with Crippen LogP contribution in [0.25, 0.3) is 0 Å². The molecule has 4 nitrogen and oxygen atoms in total. The monoisotopic (exact) mass is 338 g/mol. The summed E-state index contributed by atoms with van der Waals surface area (Å²) >= 11 is 0. The Morgan fingerprint density at radius 2 is 1.56 bits per heavy atom. The molecule has 1 aliphatic carbocycles. The second-order valence-electron chi connectivity index (χ2n) is 6.57. The predicted octanol–water partition coefficient (Wildman–Crippen LogP) is 3.86. The van der Waals surface area contributed by atoms with Gasteiger partial charge in [0.2, 0.25) is 0 Å². The first-order valence-electron chi connectivity index (χ1n) is 8.46. The molecule has 3 rings (SSSR count). The number of ether oxygens (including phenoxy) is 2. The van der Waals surface area contributed by atoms with Crippen LogP contribution in [0.4, 0.5) is 0 Å². The summed E-state index contributed by atoms with van der Waals surface area (Å²) < 4.78 is 10.5. The first kappa shape index (κ1) is 17.2. The third-order valence-electron chi connectivity index (χ3n) is 4.51. The number of rotatable bonds is 6. The van der Waals surface area contributed by atoms with Crippen molar-refractivity contribution >= 4 is 11.8 Å². The van der Waals surface area contributed by atoms with Crippen molar-refractivity contribution in [1.82, 2.24) is 0 Å². The molecule has 0 bridgehead atoms. The van der Waals surface area contributed by atoms with Gasteiger partial charge in [0.15, 0.2) is 5.78 Å². The molecule has 0 saturated heterocycles. The van der Waals surface area contributed by atoms with E-state index in [-0.39, 0.29) is 29.7 Å². The average molecular weight is 338 g/mol.